The number of aryl methyl sites for hydroxylation is 2. The third kappa shape index (κ3) is 16.7. The molecule has 18 aliphatic heterocycles. The minimum absolute atomic E-state index is 0. The molecule has 8 bridgehead atoms. The number of likely N-dealkylation sites (N-methyl/N-ethyl adjacent to an activating group) is 2. The van der Waals surface area contributed by atoms with Crippen LogP contribution in [0, 0.1) is 39.0 Å². The molecule has 0 saturated carbocycles. The molecule has 9 N–H and O–H groups in total. The first-order valence-corrected chi connectivity index (χ1v) is 51.5. The predicted molar refractivity (Wildman–Crippen MR) is 528 cm³/mol. The van der Waals surface area contributed by atoms with Crippen molar-refractivity contribution in [1.82, 2.24) is 51.5 Å². The van der Waals surface area contributed by atoms with Crippen LogP contribution in [0.15, 0.2) is 36.4 Å². The van der Waals surface area contributed by atoms with Gasteiger partial charge in [-0.25, -0.2) is 19.2 Å². The maximum atomic E-state index is 15.2. The van der Waals surface area contributed by atoms with Gasteiger partial charge in [-0.05, 0) is 175 Å². The number of nitrogens with zero attached hydrogens (tertiary/aromatic N) is 5. The lowest BCUT2D eigenvalue weighted by Crippen LogP contribution is -2.70. The van der Waals surface area contributed by atoms with Gasteiger partial charge >= 0.3 is 47.9 Å². The van der Waals surface area contributed by atoms with Crippen LogP contribution in [0.3, 0.4) is 0 Å². The Labute approximate surface area is 841 Å². The van der Waals surface area contributed by atoms with Crippen LogP contribution in [0.4, 0.5) is 9.59 Å². The van der Waals surface area contributed by atoms with Gasteiger partial charge in [0.05, 0.1) is 98.0 Å². The van der Waals surface area contributed by atoms with Gasteiger partial charge in [0.2, 0.25) is 13.6 Å². The smallest absolute Gasteiger partial charge is 0.331 e. The first-order valence-electron chi connectivity index (χ1n) is 47.5. The fourth-order valence-corrected chi connectivity index (χ4v) is 31.6. The lowest BCUT2D eigenvalue weighted by molar-refractivity contribution is -0.186. The standard InChI is InChI=1S/C50H56N6O12S2.C49H57N5O13S2.3CH4/c1-22-13-26-14-30-31(18-51)56-32-19-64-48(60)50(28-17-33(62-5)34(15-25(28)11-12-52-50)68-35(58)10-8-7-9-27-16-29-47(70-27)54-49(61)53-29)20-69-46(40(56)39(55(30)4)36(26)41(59)42(22)63-6)38-37(32)45-44(65-21-66-45)23(2)43(38)67-24(3)57;1-21-13-25-14-29-46(58)54-30-18-63-47(59)49(27-17-31(61-5)32(15-24(27)11-12-50-49)67-33(56)10-8-7-9-26-16-28-45(69-26)52-48(60)51-28)19-68-44(38(54)37(53(29)4)34(25)39(57)40(21)62-6)36-35(30)43-42(64-20-65-43)22(2)41(36)66-23(3)55;;;/h13,15,17,27,29-32,39-40,46-47,52,59H,7-12,14,16,19-21H2,1-6H3,(H2,53,54,61);13,15,17,26,28-30,37-38,44-46,50,57-58H,7-12,14,16,18-20H2,1-6H3,(H2,51,52,60);3*1H4/t27-,29?,30-,31-,32-,39+,40?,46+,47?,50+;26-,28?,29-,30-,37+,38?,44+,45?,46-,49+;;;/m00.../s1. The average Bonchev–Trinajstić information content (AvgIpc) is 0.807. The highest BCUT2D eigenvalue weighted by Gasteiger charge is 2.65. The van der Waals surface area contributed by atoms with Crippen LogP contribution in [-0.4, -0.2) is 246 Å². The molecule has 18 heterocycles. The van der Waals surface area contributed by atoms with Crippen molar-refractivity contribution in [2.24, 2.45) is 0 Å². The summed E-state index contributed by atoms with van der Waals surface area (Å²) < 4.78 is 85.5. The second-order valence-corrected chi connectivity index (χ2v) is 43.8. The van der Waals surface area contributed by atoms with Crippen molar-refractivity contribution in [3.05, 3.63) is 125 Å². The van der Waals surface area contributed by atoms with Crippen molar-refractivity contribution in [3.63, 3.8) is 0 Å². The highest BCUT2D eigenvalue weighted by molar-refractivity contribution is 8.01. The molecule has 4 amide bonds. The second kappa shape index (κ2) is 39.7. The first kappa shape index (κ1) is 101. The summed E-state index contributed by atoms with van der Waals surface area (Å²) in [6.45, 7) is 10.3. The molecule has 36 nitrogen and oxygen atoms in total. The van der Waals surface area contributed by atoms with Gasteiger partial charge in [0.25, 0.3) is 0 Å². The number of methoxy groups -OCH3 is 4. The van der Waals surface area contributed by atoms with Crippen molar-refractivity contribution >= 4 is 94.9 Å². The molecule has 6 unspecified atom stereocenters. The topological polar surface area (TPSA) is 435 Å². The molecule has 20 atom stereocenters. The van der Waals surface area contributed by atoms with Gasteiger partial charge in [0.1, 0.15) is 37.0 Å². The number of aromatic hydroxyl groups is 2. The number of ether oxygens (including phenoxy) is 14. The Hall–Kier alpha value is -10.7. The van der Waals surface area contributed by atoms with E-state index in [-0.39, 0.29) is 155 Å². The van der Waals surface area contributed by atoms with Crippen molar-refractivity contribution in [2.45, 2.75) is 269 Å². The molecule has 6 aromatic carbocycles. The molecule has 18 aliphatic rings. The summed E-state index contributed by atoms with van der Waals surface area (Å²) in [6.07, 6.45) is 7.89. The first-order chi connectivity index (χ1) is 67.0. The summed E-state index contributed by atoms with van der Waals surface area (Å²) >= 11 is 6.47. The molecule has 6 aromatic rings. The van der Waals surface area contributed by atoms with Gasteiger partial charge in [-0.3, -0.25) is 49.4 Å². The Morgan fingerprint density at radius 3 is 1.35 bits per heavy atom. The largest absolute Gasteiger partial charge is 0.504 e. The summed E-state index contributed by atoms with van der Waals surface area (Å²) in [4.78, 5) is 115. The predicted octanol–water partition coefficient (Wildman–Crippen LogP) is 11.9. The number of carbonyl (C=O) groups is 8. The number of amides is 4. The Bertz CT molecular complexity index is 6130. The summed E-state index contributed by atoms with van der Waals surface area (Å²) in [5, 5.41) is 67.1. The second-order valence-electron chi connectivity index (χ2n) is 38.7. The summed E-state index contributed by atoms with van der Waals surface area (Å²) in [6, 6.07) is 8.55. The number of aliphatic hydroxyl groups excluding tert-OH is 1. The molecule has 762 valence electrons. The van der Waals surface area contributed by atoms with Crippen LogP contribution in [0.1, 0.15) is 224 Å². The normalized spacial score (nSPS) is 29.7. The molecule has 142 heavy (non-hydrogen) atoms. The molecule has 0 aliphatic carbocycles. The van der Waals surface area contributed by atoms with E-state index in [0.717, 1.165) is 71.9 Å². The third-order valence-electron chi connectivity index (χ3n) is 31.1. The minimum atomic E-state index is -1.44. The number of aliphatic hydroxyl groups is 1. The Morgan fingerprint density at radius 2 is 0.930 bits per heavy atom. The van der Waals surface area contributed by atoms with Gasteiger partial charge in [-0.2, -0.15) is 5.26 Å². The summed E-state index contributed by atoms with van der Waals surface area (Å²) in [5.74, 6) is 1.47. The number of rotatable bonds is 18. The van der Waals surface area contributed by atoms with E-state index in [4.69, 9.17) is 66.3 Å². The number of nitriles is 1. The molecule has 0 aromatic heterocycles. The Morgan fingerprint density at radius 1 is 0.507 bits per heavy atom. The van der Waals surface area contributed by atoms with Crippen LogP contribution in [0.2, 0.25) is 0 Å². The number of urea groups is 2. The highest BCUT2D eigenvalue weighted by Crippen LogP contribution is 2.68. The summed E-state index contributed by atoms with van der Waals surface area (Å²) in [5.41, 5.74) is 8.34. The van der Waals surface area contributed by atoms with E-state index >= 15 is 9.59 Å². The number of esters is 6. The minimum Gasteiger partial charge on any atom is -0.504 e. The quantitative estimate of drug-likeness (QED) is 0.0219. The van der Waals surface area contributed by atoms with E-state index in [1.54, 1.807) is 47.8 Å². The van der Waals surface area contributed by atoms with Gasteiger partial charge in [-0.15, -0.1) is 47.0 Å². The van der Waals surface area contributed by atoms with Crippen LogP contribution >= 0.6 is 47.0 Å². The number of fused-ring (bicyclic) bond motifs is 20. The monoisotopic (exact) mass is 2030 g/mol. The molecular weight excluding hydrogens is 1910 g/mol. The zero-order valence-electron chi connectivity index (χ0n) is 79.1. The van der Waals surface area contributed by atoms with Gasteiger partial charge < -0.3 is 103 Å². The number of phenols is 2. The number of phenolic OH excluding ortho intramolecular Hbond substituents is 2. The van der Waals surface area contributed by atoms with Crippen molar-refractivity contribution < 1.29 is 120 Å². The van der Waals surface area contributed by atoms with Crippen LogP contribution in [-0.2, 0) is 75.0 Å². The van der Waals surface area contributed by atoms with Gasteiger partial charge in [0.15, 0.2) is 80.1 Å². The zero-order chi connectivity index (χ0) is 97.1. The number of piperazine rings is 2. The van der Waals surface area contributed by atoms with Crippen LogP contribution in [0.5, 0.6) is 80.5 Å². The molecule has 2 spiro atoms. The van der Waals surface area contributed by atoms with Crippen LogP contribution < -0.4 is 88.7 Å². The van der Waals surface area contributed by atoms with E-state index in [2.05, 4.69) is 52.7 Å². The fourth-order valence-electron chi connectivity index (χ4n) is 25.1. The van der Waals surface area contributed by atoms with E-state index in [1.165, 1.54) is 65.8 Å². The molecule has 0 radical (unpaired) electrons. The lowest BCUT2D eigenvalue weighted by atomic mass is 9.71. The zero-order valence-corrected chi connectivity index (χ0v) is 82.4. The molecule has 40 heteroatoms. The van der Waals surface area contributed by atoms with Crippen molar-refractivity contribution in [2.75, 3.05) is 93.9 Å². The number of hydrogen-bond donors (Lipinski definition) is 9. The summed E-state index contributed by atoms with van der Waals surface area (Å²) in [7, 11) is 10.00. The number of benzene rings is 6. The number of thioether (sulfide) groups is 4. The molecule has 8 saturated heterocycles. The Kier molecular flexibility index (Phi) is 28.3. The average molecular weight is 2030 g/mol. The third-order valence-corrected chi connectivity index (χ3v) is 37.1. The number of carbonyl (C=O) groups excluding carboxylic acids is 8. The number of nitrogens with one attached hydrogen (secondary N) is 6. The lowest BCUT2D eigenvalue weighted by Gasteiger charge is -2.62. The number of unbranched alkanes of at least 4 members (excludes halogenated alkanes) is 2. The van der Waals surface area contributed by atoms with E-state index < -0.39 is 106 Å². The molecule has 24 rings (SSSR count). The van der Waals surface area contributed by atoms with E-state index in [1.807, 2.05) is 58.8 Å². The van der Waals surface area contributed by atoms with Crippen molar-refractivity contribution in [3.8, 4) is 86.6 Å². The number of hydrogen-bond acceptors (Lipinski definition) is 36. The van der Waals surface area contributed by atoms with Crippen molar-refractivity contribution in [1.29, 1.82) is 5.26 Å². The molecular formula is C102H125N11O25S4. The van der Waals surface area contributed by atoms with Gasteiger partial charge in [0, 0.05) is 124 Å². The molecule has 8 fully saturated rings. The highest BCUT2D eigenvalue weighted by atomic mass is 32.2. The maximum absolute atomic E-state index is 15.2. The van der Waals surface area contributed by atoms with E-state index in [0.29, 0.717) is 164 Å². The maximum Gasteiger partial charge on any atom is 0.331 e. The SMILES string of the molecule is C.C.C.COc1cc2c(cc1OC(=O)CCCC[C@H]1CC3NC(=O)NC3S1)CCN[C@]21CS[C@@H]2c3c(OC(C)=O)c(C)c4c(c3[C@H](COC1=O)N1C2[C@H]2c3c(cc(C)c(OC)c3O)C[C@@H]([C@@H]1C#N)N2C)OCO4.COc1cc2c(cc1OC(=O)CCCC[C@H]1CC3NC(=O)NC3S1)CCN[C@]21CS[C@@H]2c3c(OC(C)=O)c(C)c4c(c3[C@H](COC1=O)N1C2[C@H]2c3c(cc(C)c(OC)c3O)C[C@@H]([C@@H]1O)N2C)OCO4. The van der Waals surface area contributed by atoms with Crippen LogP contribution in [0.25, 0.3) is 0 Å². The fraction of sp³-hybridized carbons (Fsp3) is 0.559. The Balaban J connectivity index is 0.000000184. The van der Waals surface area contributed by atoms with E-state index in [9.17, 15) is 49.3 Å². The van der Waals surface area contributed by atoms with Gasteiger partial charge in [-0.1, -0.05) is 47.3 Å².